The molecule has 2 heteroatoms. The fourth-order valence-corrected chi connectivity index (χ4v) is 3.10. The second-order valence-electron chi connectivity index (χ2n) is 6.24. The minimum atomic E-state index is 0.304. The Morgan fingerprint density at radius 3 is 2.47 bits per heavy atom. The summed E-state index contributed by atoms with van der Waals surface area (Å²) in [5.41, 5.74) is 8.71. The van der Waals surface area contributed by atoms with Crippen molar-refractivity contribution in [2.24, 2.45) is 0 Å². The maximum Gasteiger partial charge on any atom is 0.0366 e. The number of rotatable bonds is 2. The number of benzene rings is 2. The van der Waals surface area contributed by atoms with Gasteiger partial charge in [0.15, 0.2) is 0 Å². The van der Waals surface area contributed by atoms with Crippen LogP contribution in [-0.4, -0.2) is 17.0 Å². The highest BCUT2D eigenvalue weighted by molar-refractivity contribution is 5.86. The van der Waals surface area contributed by atoms with Gasteiger partial charge in [0.05, 0.1) is 0 Å². The summed E-state index contributed by atoms with van der Waals surface area (Å²) in [5.74, 6) is 0. The van der Waals surface area contributed by atoms with E-state index in [9.17, 15) is 0 Å². The molecule has 1 saturated heterocycles. The predicted octanol–water partition coefficient (Wildman–Crippen LogP) is 3.80. The van der Waals surface area contributed by atoms with Crippen LogP contribution in [0.15, 0.2) is 36.4 Å². The molecule has 0 atom stereocenters. The van der Waals surface area contributed by atoms with Gasteiger partial charge in [-0.3, -0.25) is 4.90 Å². The fourth-order valence-electron chi connectivity index (χ4n) is 3.10. The van der Waals surface area contributed by atoms with Crippen LogP contribution < -0.4 is 5.73 Å². The molecule has 2 aromatic carbocycles. The number of anilines is 1. The van der Waals surface area contributed by atoms with Gasteiger partial charge in [-0.05, 0) is 61.7 Å². The molecular formula is C17H22N2. The van der Waals surface area contributed by atoms with E-state index in [-0.39, 0.29) is 0 Å². The average Bonchev–Trinajstić information content (AvgIpc) is 2.70. The van der Waals surface area contributed by atoms with Gasteiger partial charge >= 0.3 is 0 Å². The Morgan fingerprint density at radius 1 is 1.16 bits per heavy atom. The highest BCUT2D eigenvalue weighted by atomic mass is 15.2. The van der Waals surface area contributed by atoms with E-state index < -0.39 is 0 Å². The van der Waals surface area contributed by atoms with Crippen molar-refractivity contribution in [3.63, 3.8) is 0 Å². The van der Waals surface area contributed by atoms with E-state index >= 15 is 0 Å². The molecule has 100 valence electrons. The first-order valence-corrected chi connectivity index (χ1v) is 7.08. The first-order valence-electron chi connectivity index (χ1n) is 7.08. The van der Waals surface area contributed by atoms with Crippen molar-refractivity contribution in [2.45, 2.75) is 38.8 Å². The van der Waals surface area contributed by atoms with Crippen LogP contribution in [0.1, 0.15) is 32.3 Å². The molecule has 0 radical (unpaired) electrons. The molecular weight excluding hydrogens is 232 g/mol. The van der Waals surface area contributed by atoms with Gasteiger partial charge in [-0.2, -0.15) is 0 Å². The summed E-state index contributed by atoms with van der Waals surface area (Å²) in [4.78, 5) is 2.55. The second kappa shape index (κ2) is 4.53. The van der Waals surface area contributed by atoms with Crippen molar-refractivity contribution in [3.05, 3.63) is 42.0 Å². The summed E-state index contributed by atoms with van der Waals surface area (Å²) < 4.78 is 0. The fraction of sp³-hybridized carbons (Fsp3) is 0.412. The third-order valence-electron chi connectivity index (χ3n) is 4.44. The molecule has 0 aliphatic carbocycles. The van der Waals surface area contributed by atoms with Crippen LogP contribution in [0.3, 0.4) is 0 Å². The van der Waals surface area contributed by atoms with Crippen LogP contribution in [0.4, 0.5) is 5.69 Å². The van der Waals surface area contributed by atoms with Crippen LogP contribution in [0.2, 0.25) is 0 Å². The SMILES string of the molecule is CC1(C)CCCN1Cc1cc2ccccc2cc1N. The Labute approximate surface area is 115 Å². The monoisotopic (exact) mass is 254 g/mol. The Hall–Kier alpha value is -1.54. The molecule has 0 bridgehead atoms. The number of nitrogens with two attached hydrogens (primary N) is 1. The summed E-state index contributed by atoms with van der Waals surface area (Å²) in [7, 11) is 0. The van der Waals surface area contributed by atoms with Crippen LogP contribution >= 0.6 is 0 Å². The van der Waals surface area contributed by atoms with E-state index in [4.69, 9.17) is 5.73 Å². The zero-order valence-electron chi connectivity index (χ0n) is 11.8. The van der Waals surface area contributed by atoms with Crippen LogP contribution in [0.25, 0.3) is 10.8 Å². The number of hydrogen-bond donors (Lipinski definition) is 1. The lowest BCUT2D eigenvalue weighted by Crippen LogP contribution is -2.37. The second-order valence-corrected chi connectivity index (χ2v) is 6.24. The van der Waals surface area contributed by atoms with Crippen molar-refractivity contribution in [1.82, 2.24) is 4.90 Å². The molecule has 0 spiro atoms. The third kappa shape index (κ3) is 2.33. The lowest BCUT2D eigenvalue weighted by Gasteiger charge is -2.32. The van der Waals surface area contributed by atoms with Gasteiger partial charge < -0.3 is 5.73 Å². The highest BCUT2D eigenvalue weighted by Gasteiger charge is 2.31. The Bertz CT molecular complexity index is 601. The number of fused-ring (bicyclic) bond motifs is 1. The van der Waals surface area contributed by atoms with Crippen molar-refractivity contribution < 1.29 is 0 Å². The molecule has 1 heterocycles. The summed E-state index contributed by atoms with van der Waals surface area (Å²) in [6, 6.07) is 12.8. The molecule has 0 saturated carbocycles. The van der Waals surface area contributed by atoms with Crippen LogP contribution in [0.5, 0.6) is 0 Å². The Morgan fingerprint density at radius 2 is 1.84 bits per heavy atom. The van der Waals surface area contributed by atoms with Crippen molar-refractivity contribution in [3.8, 4) is 0 Å². The average molecular weight is 254 g/mol. The van der Waals surface area contributed by atoms with Gasteiger partial charge in [0.2, 0.25) is 0 Å². The largest absolute Gasteiger partial charge is 0.398 e. The molecule has 1 aliphatic rings. The van der Waals surface area contributed by atoms with Crippen molar-refractivity contribution in [1.29, 1.82) is 0 Å². The van der Waals surface area contributed by atoms with E-state index in [1.165, 1.54) is 35.7 Å². The van der Waals surface area contributed by atoms with Crippen molar-refractivity contribution in [2.75, 3.05) is 12.3 Å². The van der Waals surface area contributed by atoms with Gasteiger partial charge in [0, 0.05) is 17.8 Å². The summed E-state index contributed by atoms with van der Waals surface area (Å²) in [6.45, 7) is 6.80. The number of likely N-dealkylation sites (tertiary alicyclic amines) is 1. The van der Waals surface area contributed by atoms with E-state index in [1.807, 2.05) is 0 Å². The topological polar surface area (TPSA) is 29.3 Å². The first-order chi connectivity index (χ1) is 9.06. The van der Waals surface area contributed by atoms with E-state index in [0.29, 0.717) is 5.54 Å². The van der Waals surface area contributed by atoms with Gasteiger partial charge in [0.25, 0.3) is 0 Å². The molecule has 3 rings (SSSR count). The maximum atomic E-state index is 6.23. The summed E-state index contributed by atoms with van der Waals surface area (Å²) in [5, 5.41) is 2.51. The maximum absolute atomic E-state index is 6.23. The zero-order chi connectivity index (χ0) is 13.5. The minimum Gasteiger partial charge on any atom is -0.398 e. The lowest BCUT2D eigenvalue weighted by molar-refractivity contribution is 0.167. The molecule has 2 N–H and O–H groups in total. The molecule has 19 heavy (non-hydrogen) atoms. The van der Waals surface area contributed by atoms with Crippen LogP contribution in [0, 0.1) is 0 Å². The van der Waals surface area contributed by atoms with Crippen molar-refractivity contribution >= 4 is 16.5 Å². The minimum absolute atomic E-state index is 0.304. The third-order valence-corrected chi connectivity index (χ3v) is 4.44. The van der Waals surface area contributed by atoms with E-state index in [0.717, 1.165) is 12.2 Å². The van der Waals surface area contributed by atoms with E-state index in [2.05, 4.69) is 55.1 Å². The lowest BCUT2D eigenvalue weighted by atomic mass is 10.0. The van der Waals surface area contributed by atoms with Gasteiger partial charge in [-0.25, -0.2) is 0 Å². The molecule has 0 aromatic heterocycles. The standard InChI is InChI=1S/C17H22N2/c1-17(2)8-5-9-19(17)12-15-10-13-6-3-4-7-14(13)11-16(15)18/h3-4,6-7,10-11H,5,8-9,12,18H2,1-2H3. The van der Waals surface area contributed by atoms with Crippen LogP contribution in [-0.2, 0) is 6.54 Å². The number of nitrogens with zero attached hydrogens (tertiary/aromatic N) is 1. The molecule has 1 fully saturated rings. The molecule has 1 aliphatic heterocycles. The first kappa shape index (κ1) is 12.5. The Balaban J connectivity index is 1.94. The number of nitrogen functional groups attached to an aromatic ring is 1. The smallest absolute Gasteiger partial charge is 0.0366 e. The molecule has 2 aromatic rings. The normalized spacial score (nSPS) is 19.1. The highest BCUT2D eigenvalue weighted by Crippen LogP contribution is 2.32. The molecule has 2 nitrogen and oxygen atoms in total. The molecule has 0 amide bonds. The molecule has 0 unspecified atom stereocenters. The Kier molecular flexibility index (Phi) is 2.98. The number of hydrogen-bond acceptors (Lipinski definition) is 2. The summed E-state index contributed by atoms with van der Waals surface area (Å²) in [6.07, 6.45) is 2.57. The quantitative estimate of drug-likeness (QED) is 0.826. The zero-order valence-corrected chi connectivity index (χ0v) is 11.8. The van der Waals surface area contributed by atoms with Gasteiger partial charge in [-0.1, -0.05) is 24.3 Å². The van der Waals surface area contributed by atoms with Gasteiger partial charge in [-0.15, -0.1) is 0 Å². The predicted molar refractivity (Wildman–Crippen MR) is 82.1 cm³/mol. The summed E-state index contributed by atoms with van der Waals surface area (Å²) >= 11 is 0. The van der Waals surface area contributed by atoms with E-state index in [1.54, 1.807) is 0 Å². The van der Waals surface area contributed by atoms with Gasteiger partial charge in [0.1, 0.15) is 0 Å².